The highest BCUT2D eigenvalue weighted by Crippen LogP contribution is 2.45. The van der Waals surface area contributed by atoms with E-state index in [1.807, 2.05) is 0 Å². The average molecular weight is 519 g/mol. The van der Waals surface area contributed by atoms with Gasteiger partial charge in [0.15, 0.2) is 15.8 Å². The minimum Gasteiger partial charge on any atom is -0.354 e. The van der Waals surface area contributed by atoms with E-state index in [4.69, 9.17) is 4.99 Å². The first-order chi connectivity index (χ1) is 12.8. The van der Waals surface area contributed by atoms with E-state index < -0.39 is 9.84 Å². The summed E-state index contributed by atoms with van der Waals surface area (Å²) >= 11 is 0. The molecule has 1 fully saturated rings. The van der Waals surface area contributed by atoms with Gasteiger partial charge in [0.25, 0.3) is 0 Å². The minimum absolute atomic E-state index is 0. The molecule has 1 N–H and O–H groups in total. The summed E-state index contributed by atoms with van der Waals surface area (Å²) in [6.07, 6.45) is 2.91. The number of para-hydroxylation sites is 1. The first kappa shape index (κ1) is 23.4. The fourth-order valence-corrected chi connectivity index (χ4v) is 6.22. The third-order valence-corrected chi connectivity index (χ3v) is 7.92. The SMILES string of the molecule is CCC1(CC)CN(C(=NCC2CCS(=O)(=O)C2)NC(C)C)c2ccccc21.I. The second-order valence-corrected chi connectivity index (χ2v) is 10.6. The Hall–Kier alpha value is -0.830. The third-order valence-electron chi connectivity index (χ3n) is 6.08. The fourth-order valence-electron chi connectivity index (χ4n) is 4.37. The lowest BCUT2D eigenvalue weighted by molar-refractivity contribution is 0.428. The summed E-state index contributed by atoms with van der Waals surface area (Å²) in [5, 5.41) is 3.52. The molecule has 0 saturated carbocycles. The maximum atomic E-state index is 11.8. The van der Waals surface area contributed by atoms with Crippen molar-refractivity contribution in [2.75, 3.05) is 29.5 Å². The van der Waals surface area contributed by atoms with Crippen LogP contribution in [-0.4, -0.2) is 45.0 Å². The Balaban J connectivity index is 0.00000280. The average Bonchev–Trinajstić information content (AvgIpc) is 3.16. The number of rotatable bonds is 5. The number of hydrogen-bond donors (Lipinski definition) is 1. The number of anilines is 1. The highest BCUT2D eigenvalue weighted by molar-refractivity contribution is 14.0. The van der Waals surface area contributed by atoms with Crippen molar-refractivity contribution in [3.8, 4) is 0 Å². The Morgan fingerprint density at radius 1 is 1.29 bits per heavy atom. The molecule has 0 bridgehead atoms. The maximum Gasteiger partial charge on any atom is 0.198 e. The zero-order valence-electron chi connectivity index (χ0n) is 17.4. The normalized spacial score (nSPS) is 22.8. The Morgan fingerprint density at radius 3 is 2.54 bits per heavy atom. The lowest BCUT2D eigenvalue weighted by Crippen LogP contribution is -2.46. The molecule has 28 heavy (non-hydrogen) atoms. The minimum atomic E-state index is -2.86. The van der Waals surface area contributed by atoms with E-state index in [1.165, 1.54) is 11.3 Å². The molecule has 0 aromatic heterocycles. The smallest absolute Gasteiger partial charge is 0.198 e. The molecule has 158 valence electrons. The van der Waals surface area contributed by atoms with Crippen molar-refractivity contribution in [1.29, 1.82) is 0 Å². The second kappa shape index (κ2) is 9.32. The number of sulfone groups is 1. The van der Waals surface area contributed by atoms with Crippen molar-refractivity contribution in [2.24, 2.45) is 10.9 Å². The molecular formula is C21H34IN3O2S. The molecule has 0 radical (unpaired) electrons. The molecule has 0 amide bonds. The highest BCUT2D eigenvalue weighted by Gasteiger charge is 2.41. The van der Waals surface area contributed by atoms with Crippen LogP contribution in [0, 0.1) is 5.92 Å². The van der Waals surface area contributed by atoms with Gasteiger partial charge in [-0.1, -0.05) is 32.0 Å². The van der Waals surface area contributed by atoms with Crippen LogP contribution in [0.2, 0.25) is 0 Å². The molecule has 0 spiro atoms. The maximum absolute atomic E-state index is 11.8. The van der Waals surface area contributed by atoms with E-state index in [0.717, 1.165) is 31.8 Å². The van der Waals surface area contributed by atoms with Gasteiger partial charge in [0, 0.05) is 30.2 Å². The van der Waals surface area contributed by atoms with Gasteiger partial charge in [-0.2, -0.15) is 0 Å². The Morgan fingerprint density at radius 2 is 1.96 bits per heavy atom. The number of aliphatic imine (C=N–C) groups is 1. The molecule has 1 atom stereocenters. The summed E-state index contributed by atoms with van der Waals surface area (Å²) in [6.45, 7) is 10.2. The van der Waals surface area contributed by atoms with Crippen LogP contribution in [-0.2, 0) is 15.3 Å². The van der Waals surface area contributed by atoms with E-state index in [-0.39, 0.29) is 47.1 Å². The van der Waals surface area contributed by atoms with Gasteiger partial charge in [-0.15, -0.1) is 24.0 Å². The third kappa shape index (κ3) is 4.83. The molecule has 0 aliphatic carbocycles. The molecule has 1 aromatic carbocycles. The van der Waals surface area contributed by atoms with Crippen LogP contribution >= 0.6 is 24.0 Å². The predicted octanol–water partition coefficient (Wildman–Crippen LogP) is 3.97. The second-order valence-electron chi connectivity index (χ2n) is 8.32. The summed E-state index contributed by atoms with van der Waals surface area (Å²) in [7, 11) is -2.86. The van der Waals surface area contributed by atoms with E-state index in [1.54, 1.807) is 0 Å². The lowest BCUT2D eigenvalue weighted by atomic mass is 9.78. The number of hydrogen-bond acceptors (Lipinski definition) is 3. The van der Waals surface area contributed by atoms with Crippen molar-refractivity contribution in [1.82, 2.24) is 5.32 Å². The molecule has 1 aromatic rings. The number of benzene rings is 1. The van der Waals surface area contributed by atoms with Gasteiger partial charge in [0.2, 0.25) is 0 Å². The monoisotopic (exact) mass is 519 g/mol. The van der Waals surface area contributed by atoms with Crippen molar-refractivity contribution < 1.29 is 8.42 Å². The molecule has 2 aliphatic heterocycles. The van der Waals surface area contributed by atoms with Gasteiger partial charge in [-0.05, 0) is 50.7 Å². The molecule has 1 unspecified atom stereocenters. The van der Waals surface area contributed by atoms with Gasteiger partial charge in [-0.25, -0.2) is 8.42 Å². The van der Waals surface area contributed by atoms with E-state index in [2.05, 4.69) is 62.2 Å². The van der Waals surface area contributed by atoms with Crippen LogP contribution in [0.1, 0.15) is 52.5 Å². The van der Waals surface area contributed by atoms with Crippen LogP contribution in [0.5, 0.6) is 0 Å². The van der Waals surface area contributed by atoms with Crippen LogP contribution in [0.25, 0.3) is 0 Å². The molecule has 5 nitrogen and oxygen atoms in total. The number of halogens is 1. The van der Waals surface area contributed by atoms with Crippen LogP contribution in [0.3, 0.4) is 0 Å². The molecule has 2 aliphatic rings. The van der Waals surface area contributed by atoms with Crippen LogP contribution < -0.4 is 10.2 Å². The predicted molar refractivity (Wildman–Crippen MR) is 129 cm³/mol. The summed E-state index contributed by atoms with van der Waals surface area (Å²) in [5.41, 5.74) is 2.77. The Kier molecular flexibility index (Phi) is 7.81. The largest absolute Gasteiger partial charge is 0.354 e. The number of nitrogens with one attached hydrogen (secondary N) is 1. The van der Waals surface area contributed by atoms with E-state index in [0.29, 0.717) is 12.3 Å². The zero-order chi connectivity index (χ0) is 19.7. The van der Waals surface area contributed by atoms with Gasteiger partial charge in [0.1, 0.15) is 0 Å². The van der Waals surface area contributed by atoms with Gasteiger partial charge < -0.3 is 10.2 Å². The summed E-state index contributed by atoms with van der Waals surface area (Å²) in [4.78, 5) is 7.20. The molecule has 7 heteroatoms. The number of guanidine groups is 1. The van der Waals surface area contributed by atoms with Crippen LogP contribution in [0.15, 0.2) is 29.3 Å². The summed E-state index contributed by atoms with van der Waals surface area (Å²) < 4.78 is 23.5. The number of nitrogens with zero attached hydrogens (tertiary/aromatic N) is 2. The lowest BCUT2D eigenvalue weighted by Gasteiger charge is -2.29. The van der Waals surface area contributed by atoms with Gasteiger partial charge >= 0.3 is 0 Å². The standard InChI is InChI=1S/C21H33N3O2S.HI/c1-5-21(6-2)15-24(19-10-8-7-9-18(19)21)20(23-16(3)4)22-13-17-11-12-27(25,26)14-17;/h7-10,16-17H,5-6,11-15H2,1-4H3,(H,22,23);1H. The van der Waals surface area contributed by atoms with Crippen molar-refractivity contribution >= 4 is 45.5 Å². The molecule has 2 heterocycles. The summed E-state index contributed by atoms with van der Waals surface area (Å²) in [6, 6.07) is 8.91. The van der Waals surface area contributed by atoms with Crippen LogP contribution in [0.4, 0.5) is 5.69 Å². The fraction of sp³-hybridized carbons (Fsp3) is 0.667. The van der Waals surface area contributed by atoms with Crippen molar-refractivity contribution in [3.63, 3.8) is 0 Å². The van der Waals surface area contributed by atoms with Gasteiger partial charge in [-0.3, -0.25) is 4.99 Å². The molecule has 1 saturated heterocycles. The molecule has 3 rings (SSSR count). The van der Waals surface area contributed by atoms with Gasteiger partial charge in [0.05, 0.1) is 11.5 Å². The quantitative estimate of drug-likeness (QED) is 0.364. The van der Waals surface area contributed by atoms with E-state index in [9.17, 15) is 8.42 Å². The first-order valence-electron chi connectivity index (χ1n) is 10.2. The van der Waals surface area contributed by atoms with E-state index >= 15 is 0 Å². The number of fused-ring (bicyclic) bond motifs is 1. The Labute approximate surface area is 187 Å². The summed E-state index contributed by atoms with van der Waals surface area (Å²) in [5.74, 6) is 1.60. The zero-order valence-corrected chi connectivity index (χ0v) is 20.6. The first-order valence-corrected chi connectivity index (χ1v) is 12.0. The molecular weight excluding hydrogens is 485 g/mol. The Bertz CT molecular complexity index is 804. The topological polar surface area (TPSA) is 61.8 Å². The van der Waals surface area contributed by atoms with Crippen molar-refractivity contribution in [3.05, 3.63) is 29.8 Å². The highest BCUT2D eigenvalue weighted by atomic mass is 127. The van der Waals surface area contributed by atoms with Crippen molar-refractivity contribution in [2.45, 2.75) is 58.4 Å².